The minimum atomic E-state index is 0.164. The molecule has 0 aliphatic carbocycles. The van der Waals surface area contributed by atoms with Gasteiger partial charge in [-0.15, -0.1) is 0 Å². The molecule has 0 amide bonds. The molecule has 0 aliphatic heterocycles. The van der Waals surface area contributed by atoms with E-state index in [1.165, 1.54) is 5.56 Å². The summed E-state index contributed by atoms with van der Waals surface area (Å²) in [4.78, 5) is 0. The SMILES string of the molecule is CC(C)(C)c1ccc(Oc2ccc(Br)cc2CBr)cc1. The standard InChI is InChI=1S/C17H18Br2O/c1-17(2,3)13-4-7-15(8-5-13)20-16-9-6-14(19)10-12(16)11-18/h4-10H,11H2,1-3H3. The smallest absolute Gasteiger partial charge is 0.131 e. The second kappa shape index (κ2) is 6.31. The van der Waals surface area contributed by atoms with E-state index >= 15 is 0 Å². The molecule has 0 saturated carbocycles. The number of benzene rings is 2. The van der Waals surface area contributed by atoms with Crippen molar-refractivity contribution in [2.75, 3.05) is 0 Å². The molecule has 1 nitrogen and oxygen atoms in total. The molecular weight excluding hydrogens is 380 g/mol. The van der Waals surface area contributed by atoms with Crippen molar-refractivity contribution in [2.24, 2.45) is 0 Å². The van der Waals surface area contributed by atoms with Crippen LogP contribution in [0.1, 0.15) is 31.9 Å². The zero-order valence-electron chi connectivity index (χ0n) is 11.9. The lowest BCUT2D eigenvalue weighted by atomic mass is 9.87. The lowest BCUT2D eigenvalue weighted by Crippen LogP contribution is -2.10. The van der Waals surface area contributed by atoms with Crippen LogP contribution in [0.4, 0.5) is 0 Å². The van der Waals surface area contributed by atoms with Crippen molar-refractivity contribution in [3.63, 3.8) is 0 Å². The van der Waals surface area contributed by atoms with Gasteiger partial charge < -0.3 is 4.74 Å². The van der Waals surface area contributed by atoms with Gasteiger partial charge in [0.25, 0.3) is 0 Å². The molecule has 0 heterocycles. The monoisotopic (exact) mass is 396 g/mol. The zero-order chi connectivity index (χ0) is 14.8. The van der Waals surface area contributed by atoms with E-state index in [1.54, 1.807) is 0 Å². The van der Waals surface area contributed by atoms with Gasteiger partial charge in [0, 0.05) is 15.4 Å². The fourth-order valence-electron chi connectivity index (χ4n) is 1.90. The molecule has 0 fully saturated rings. The van der Waals surface area contributed by atoms with Crippen molar-refractivity contribution in [1.29, 1.82) is 0 Å². The van der Waals surface area contributed by atoms with E-state index in [1.807, 2.05) is 24.3 Å². The molecule has 0 atom stereocenters. The maximum atomic E-state index is 5.97. The molecule has 2 rings (SSSR count). The number of hydrogen-bond acceptors (Lipinski definition) is 1. The highest BCUT2D eigenvalue weighted by atomic mass is 79.9. The molecule has 0 bridgehead atoms. The van der Waals surface area contributed by atoms with E-state index in [0.29, 0.717) is 0 Å². The van der Waals surface area contributed by atoms with Crippen LogP contribution in [-0.2, 0) is 10.7 Å². The normalized spacial score (nSPS) is 11.4. The highest BCUT2D eigenvalue weighted by Crippen LogP contribution is 2.31. The maximum Gasteiger partial charge on any atom is 0.131 e. The quantitative estimate of drug-likeness (QED) is 0.542. The van der Waals surface area contributed by atoms with Gasteiger partial charge in [-0.05, 0) is 41.3 Å². The first kappa shape index (κ1) is 15.6. The summed E-state index contributed by atoms with van der Waals surface area (Å²) in [5.74, 6) is 1.75. The van der Waals surface area contributed by atoms with Gasteiger partial charge >= 0.3 is 0 Å². The van der Waals surface area contributed by atoms with Crippen molar-refractivity contribution < 1.29 is 4.74 Å². The molecule has 0 N–H and O–H groups in total. The molecule has 3 heteroatoms. The van der Waals surface area contributed by atoms with E-state index in [9.17, 15) is 0 Å². The molecular formula is C17H18Br2O. The van der Waals surface area contributed by atoms with Gasteiger partial charge in [0.15, 0.2) is 0 Å². The van der Waals surface area contributed by atoms with Crippen LogP contribution in [0.5, 0.6) is 11.5 Å². The van der Waals surface area contributed by atoms with E-state index < -0.39 is 0 Å². The van der Waals surface area contributed by atoms with E-state index in [-0.39, 0.29) is 5.41 Å². The van der Waals surface area contributed by atoms with Crippen molar-refractivity contribution in [3.05, 3.63) is 58.1 Å². The number of hydrogen-bond donors (Lipinski definition) is 0. The minimum Gasteiger partial charge on any atom is -0.457 e. The largest absolute Gasteiger partial charge is 0.457 e. The first-order valence-corrected chi connectivity index (χ1v) is 8.44. The summed E-state index contributed by atoms with van der Waals surface area (Å²) in [7, 11) is 0. The Hall–Kier alpha value is -0.800. The average Bonchev–Trinajstić information content (AvgIpc) is 2.40. The molecule has 2 aromatic rings. The summed E-state index contributed by atoms with van der Waals surface area (Å²) < 4.78 is 7.03. The third kappa shape index (κ3) is 3.86. The molecule has 0 unspecified atom stereocenters. The summed E-state index contributed by atoms with van der Waals surface area (Å²) in [5.41, 5.74) is 2.60. The second-order valence-corrected chi connectivity index (χ2v) is 7.24. The van der Waals surface area contributed by atoms with E-state index in [2.05, 4.69) is 70.8 Å². The van der Waals surface area contributed by atoms with Crippen LogP contribution in [0, 0.1) is 0 Å². The number of rotatable bonds is 3. The van der Waals surface area contributed by atoms with Gasteiger partial charge in [-0.2, -0.15) is 0 Å². The molecule has 0 saturated heterocycles. The Morgan fingerprint density at radius 3 is 2.20 bits per heavy atom. The van der Waals surface area contributed by atoms with Crippen LogP contribution >= 0.6 is 31.9 Å². The fraction of sp³-hybridized carbons (Fsp3) is 0.294. The Balaban J connectivity index is 2.22. The van der Waals surface area contributed by atoms with E-state index in [4.69, 9.17) is 4.74 Å². The van der Waals surface area contributed by atoms with Gasteiger partial charge in [0.2, 0.25) is 0 Å². The van der Waals surface area contributed by atoms with Gasteiger partial charge in [-0.25, -0.2) is 0 Å². The Kier molecular flexibility index (Phi) is 4.92. The average molecular weight is 398 g/mol. The van der Waals surface area contributed by atoms with Crippen molar-refractivity contribution >= 4 is 31.9 Å². The van der Waals surface area contributed by atoms with Crippen LogP contribution < -0.4 is 4.74 Å². The van der Waals surface area contributed by atoms with Crippen molar-refractivity contribution in [1.82, 2.24) is 0 Å². The van der Waals surface area contributed by atoms with Gasteiger partial charge in [-0.1, -0.05) is 64.8 Å². The summed E-state index contributed by atoms with van der Waals surface area (Å²) in [5, 5.41) is 0.766. The molecule has 20 heavy (non-hydrogen) atoms. The predicted octanol–water partition coefficient (Wildman–Crippen LogP) is 6.43. The van der Waals surface area contributed by atoms with Crippen LogP contribution in [0.3, 0.4) is 0 Å². The Labute approximate surface area is 137 Å². The highest BCUT2D eigenvalue weighted by Gasteiger charge is 2.13. The van der Waals surface area contributed by atoms with Crippen molar-refractivity contribution in [2.45, 2.75) is 31.5 Å². The Bertz CT molecular complexity index is 583. The highest BCUT2D eigenvalue weighted by molar-refractivity contribution is 9.10. The second-order valence-electron chi connectivity index (χ2n) is 5.76. The van der Waals surface area contributed by atoms with Crippen LogP contribution in [0.15, 0.2) is 46.9 Å². The third-order valence-electron chi connectivity index (χ3n) is 3.11. The first-order chi connectivity index (χ1) is 9.40. The molecule has 2 aromatic carbocycles. The predicted molar refractivity (Wildman–Crippen MR) is 92.0 cm³/mol. The summed E-state index contributed by atoms with van der Waals surface area (Å²) in [6.07, 6.45) is 0. The zero-order valence-corrected chi connectivity index (χ0v) is 15.1. The molecule has 0 aromatic heterocycles. The van der Waals surface area contributed by atoms with E-state index in [0.717, 1.165) is 26.9 Å². The summed E-state index contributed by atoms with van der Waals surface area (Å²) in [6.45, 7) is 6.63. The third-order valence-corrected chi connectivity index (χ3v) is 4.21. The molecule has 106 valence electrons. The number of halogens is 2. The van der Waals surface area contributed by atoms with Crippen molar-refractivity contribution in [3.8, 4) is 11.5 Å². The number of ether oxygens (including phenoxy) is 1. The van der Waals surface area contributed by atoms with Crippen LogP contribution in [-0.4, -0.2) is 0 Å². The summed E-state index contributed by atoms with van der Waals surface area (Å²) >= 11 is 6.97. The summed E-state index contributed by atoms with van der Waals surface area (Å²) in [6, 6.07) is 14.3. The Morgan fingerprint density at radius 1 is 1.00 bits per heavy atom. The molecule has 0 spiro atoms. The topological polar surface area (TPSA) is 9.23 Å². The van der Waals surface area contributed by atoms with Crippen LogP contribution in [0.2, 0.25) is 0 Å². The van der Waals surface area contributed by atoms with Gasteiger partial charge in [0.1, 0.15) is 11.5 Å². The minimum absolute atomic E-state index is 0.164. The van der Waals surface area contributed by atoms with Gasteiger partial charge in [-0.3, -0.25) is 0 Å². The van der Waals surface area contributed by atoms with Crippen LogP contribution in [0.25, 0.3) is 0 Å². The Morgan fingerprint density at radius 2 is 1.65 bits per heavy atom. The first-order valence-electron chi connectivity index (χ1n) is 6.53. The maximum absolute atomic E-state index is 5.97. The lowest BCUT2D eigenvalue weighted by molar-refractivity contribution is 0.477. The van der Waals surface area contributed by atoms with Gasteiger partial charge in [0.05, 0.1) is 0 Å². The molecule has 0 radical (unpaired) electrons. The number of alkyl halides is 1. The molecule has 0 aliphatic rings. The lowest BCUT2D eigenvalue weighted by Gasteiger charge is -2.19. The fourth-order valence-corrected chi connectivity index (χ4v) is 2.75.